The Kier molecular flexibility index (Phi) is 6.31. The van der Waals surface area contributed by atoms with Crippen LogP contribution in [0.1, 0.15) is 36.1 Å². The molecule has 1 atom stereocenters. The van der Waals surface area contributed by atoms with Crippen molar-refractivity contribution in [3.63, 3.8) is 0 Å². The van der Waals surface area contributed by atoms with Crippen molar-refractivity contribution in [2.75, 3.05) is 0 Å². The minimum absolute atomic E-state index is 0. The van der Waals surface area contributed by atoms with Crippen molar-refractivity contribution >= 4 is 12.4 Å². The molecular weight excluding hydrogens is 320 g/mol. The fourth-order valence-corrected chi connectivity index (χ4v) is 1.69. The summed E-state index contributed by atoms with van der Waals surface area (Å²) in [6, 6.07) is 0.402. The molecule has 0 unspecified atom stereocenters. The van der Waals surface area contributed by atoms with Crippen LogP contribution in [0.15, 0.2) is 30.4 Å². The lowest BCUT2D eigenvalue weighted by molar-refractivity contribution is -0.143. The third-order valence-corrected chi connectivity index (χ3v) is 2.61. The van der Waals surface area contributed by atoms with E-state index in [9.17, 15) is 26.3 Å². The molecule has 0 heterocycles. The standard InChI is InChI=1S/C13H13F6N.ClH/c1-7(2)3-11(20)8-4-9(12(14,15)16)6-10(5-8)13(17,18)19;/h4-6,11H,1,3,20H2,2H3;1H/t11-;/m1./s1. The van der Waals surface area contributed by atoms with E-state index in [-0.39, 0.29) is 30.5 Å². The van der Waals surface area contributed by atoms with Gasteiger partial charge in [-0.2, -0.15) is 26.3 Å². The van der Waals surface area contributed by atoms with Gasteiger partial charge in [0.15, 0.2) is 0 Å². The van der Waals surface area contributed by atoms with Gasteiger partial charge in [-0.15, -0.1) is 19.0 Å². The molecule has 0 aromatic heterocycles. The Labute approximate surface area is 124 Å². The van der Waals surface area contributed by atoms with Crippen molar-refractivity contribution in [1.82, 2.24) is 0 Å². The number of halogens is 7. The summed E-state index contributed by atoms with van der Waals surface area (Å²) in [4.78, 5) is 0. The maximum Gasteiger partial charge on any atom is 0.416 e. The summed E-state index contributed by atoms with van der Waals surface area (Å²) in [5.41, 5.74) is 3.26. The first kappa shape index (κ1) is 19.8. The fourth-order valence-electron chi connectivity index (χ4n) is 1.69. The van der Waals surface area contributed by atoms with E-state index >= 15 is 0 Å². The zero-order chi connectivity index (χ0) is 15.7. The highest BCUT2D eigenvalue weighted by atomic mass is 35.5. The van der Waals surface area contributed by atoms with Crippen LogP contribution in [0.2, 0.25) is 0 Å². The summed E-state index contributed by atoms with van der Waals surface area (Å²) >= 11 is 0. The van der Waals surface area contributed by atoms with Crippen LogP contribution in [0.25, 0.3) is 0 Å². The second kappa shape index (κ2) is 6.70. The highest BCUT2D eigenvalue weighted by molar-refractivity contribution is 5.85. The lowest BCUT2D eigenvalue weighted by atomic mass is 9.96. The van der Waals surface area contributed by atoms with Crippen LogP contribution in [0, 0.1) is 0 Å². The molecule has 0 aliphatic heterocycles. The molecule has 1 rings (SSSR count). The van der Waals surface area contributed by atoms with Crippen molar-refractivity contribution in [3.8, 4) is 0 Å². The lowest BCUT2D eigenvalue weighted by Gasteiger charge is -2.18. The van der Waals surface area contributed by atoms with Gasteiger partial charge in [-0.1, -0.05) is 5.57 Å². The predicted molar refractivity (Wildman–Crippen MR) is 70.1 cm³/mol. The molecule has 0 saturated carbocycles. The van der Waals surface area contributed by atoms with E-state index in [1.54, 1.807) is 6.92 Å². The number of benzene rings is 1. The summed E-state index contributed by atoms with van der Waals surface area (Å²) in [5, 5.41) is 0. The number of hydrogen-bond acceptors (Lipinski definition) is 1. The van der Waals surface area contributed by atoms with E-state index in [4.69, 9.17) is 5.73 Å². The van der Waals surface area contributed by atoms with Crippen LogP contribution >= 0.6 is 12.4 Å². The van der Waals surface area contributed by atoms with Gasteiger partial charge < -0.3 is 5.73 Å². The van der Waals surface area contributed by atoms with Crippen LogP contribution in [0.5, 0.6) is 0 Å². The summed E-state index contributed by atoms with van der Waals surface area (Å²) < 4.78 is 75.8. The Balaban J connectivity index is 0.00000400. The van der Waals surface area contributed by atoms with Crippen LogP contribution in [0.3, 0.4) is 0 Å². The van der Waals surface area contributed by atoms with Gasteiger partial charge in [-0.3, -0.25) is 0 Å². The van der Waals surface area contributed by atoms with Crippen molar-refractivity contribution in [1.29, 1.82) is 0 Å². The summed E-state index contributed by atoms with van der Waals surface area (Å²) in [6.07, 6.45) is -9.61. The van der Waals surface area contributed by atoms with Crippen LogP contribution in [0.4, 0.5) is 26.3 Å². The van der Waals surface area contributed by atoms with E-state index in [0.717, 1.165) is 0 Å². The quantitative estimate of drug-likeness (QED) is 0.603. The van der Waals surface area contributed by atoms with E-state index in [1.807, 2.05) is 0 Å². The highest BCUT2D eigenvalue weighted by Crippen LogP contribution is 2.37. The summed E-state index contributed by atoms with van der Waals surface area (Å²) in [5.74, 6) is 0. The van der Waals surface area contributed by atoms with Crippen molar-refractivity contribution < 1.29 is 26.3 Å². The van der Waals surface area contributed by atoms with Gasteiger partial charge in [-0.25, -0.2) is 0 Å². The third-order valence-electron chi connectivity index (χ3n) is 2.61. The Morgan fingerprint density at radius 3 is 1.71 bits per heavy atom. The van der Waals surface area contributed by atoms with Gasteiger partial charge in [0.1, 0.15) is 0 Å². The molecule has 8 heteroatoms. The monoisotopic (exact) mass is 333 g/mol. The Morgan fingerprint density at radius 1 is 1.05 bits per heavy atom. The molecule has 0 fully saturated rings. The second-order valence-corrected chi connectivity index (χ2v) is 4.61. The Hall–Kier alpha value is -1.21. The van der Waals surface area contributed by atoms with Crippen molar-refractivity contribution in [3.05, 3.63) is 47.0 Å². The van der Waals surface area contributed by atoms with Gasteiger partial charge >= 0.3 is 12.4 Å². The van der Waals surface area contributed by atoms with Gasteiger partial charge in [0, 0.05) is 6.04 Å². The molecular formula is C13H14ClF6N. The molecule has 1 aromatic rings. The molecule has 0 bridgehead atoms. The van der Waals surface area contributed by atoms with E-state index < -0.39 is 29.5 Å². The molecule has 1 aromatic carbocycles. The van der Waals surface area contributed by atoms with Gasteiger partial charge in [0.2, 0.25) is 0 Å². The average Bonchev–Trinajstić information content (AvgIpc) is 2.25. The number of nitrogens with two attached hydrogens (primary N) is 1. The maximum atomic E-state index is 12.6. The van der Waals surface area contributed by atoms with Crippen molar-refractivity contribution in [2.45, 2.75) is 31.7 Å². The Bertz CT molecular complexity index is 474. The molecule has 0 amide bonds. The first-order valence-corrected chi connectivity index (χ1v) is 5.60. The van der Waals surface area contributed by atoms with E-state index in [0.29, 0.717) is 17.7 Å². The molecule has 2 N–H and O–H groups in total. The Morgan fingerprint density at radius 2 is 1.43 bits per heavy atom. The van der Waals surface area contributed by atoms with Crippen molar-refractivity contribution in [2.24, 2.45) is 5.73 Å². The molecule has 21 heavy (non-hydrogen) atoms. The van der Waals surface area contributed by atoms with Gasteiger partial charge in [-0.05, 0) is 37.1 Å². The summed E-state index contributed by atoms with van der Waals surface area (Å²) in [7, 11) is 0. The predicted octanol–water partition coefficient (Wildman–Crippen LogP) is 5.11. The largest absolute Gasteiger partial charge is 0.416 e. The lowest BCUT2D eigenvalue weighted by Crippen LogP contribution is -2.16. The fraction of sp³-hybridized carbons (Fsp3) is 0.385. The second-order valence-electron chi connectivity index (χ2n) is 4.61. The smallest absolute Gasteiger partial charge is 0.324 e. The zero-order valence-electron chi connectivity index (χ0n) is 11.0. The summed E-state index contributed by atoms with van der Waals surface area (Å²) in [6.45, 7) is 5.13. The minimum Gasteiger partial charge on any atom is -0.324 e. The first-order chi connectivity index (χ1) is 8.91. The molecule has 1 nitrogen and oxygen atoms in total. The van der Waals surface area contributed by atoms with E-state index in [1.165, 1.54) is 0 Å². The molecule has 0 aliphatic rings. The molecule has 0 radical (unpaired) electrons. The zero-order valence-corrected chi connectivity index (χ0v) is 11.8. The number of hydrogen-bond donors (Lipinski definition) is 1. The molecule has 0 spiro atoms. The first-order valence-electron chi connectivity index (χ1n) is 5.60. The van der Waals surface area contributed by atoms with Crippen LogP contribution < -0.4 is 5.73 Å². The average molecular weight is 334 g/mol. The van der Waals surface area contributed by atoms with E-state index in [2.05, 4.69) is 6.58 Å². The molecule has 0 saturated heterocycles. The van der Waals surface area contributed by atoms with Gasteiger partial charge in [0.05, 0.1) is 11.1 Å². The molecule has 0 aliphatic carbocycles. The maximum absolute atomic E-state index is 12.6. The molecule has 120 valence electrons. The third kappa shape index (κ3) is 5.59. The minimum atomic E-state index is -4.86. The van der Waals surface area contributed by atoms with Crippen LogP contribution in [-0.4, -0.2) is 0 Å². The topological polar surface area (TPSA) is 26.0 Å². The van der Waals surface area contributed by atoms with Crippen LogP contribution in [-0.2, 0) is 12.4 Å². The highest BCUT2D eigenvalue weighted by Gasteiger charge is 2.37. The normalized spacial score (nSPS) is 13.5. The van der Waals surface area contributed by atoms with Gasteiger partial charge in [0.25, 0.3) is 0 Å². The number of alkyl halides is 6. The SMILES string of the molecule is C=C(C)C[C@@H](N)c1cc(C(F)(F)F)cc(C(F)(F)F)c1.Cl. The number of rotatable bonds is 3.